The van der Waals surface area contributed by atoms with Gasteiger partial charge in [0.25, 0.3) is 5.56 Å². The smallest absolute Gasteiger partial charge is 0.333 e. The van der Waals surface area contributed by atoms with Crippen molar-refractivity contribution in [2.75, 3.05) is 19.5 Å². The van der Waals surface area contributed by atoms with Crippen LogP contribution in [-0.4, -0.2) is 44.9 Å². The first-order valence-electron chi connectivity index (χ1n) is 9.75. The van der Waals surface area contributed by atoms with E-state index in [0.717, 1.165) is 11.7 Å². The number of hydrogen-bond donors (Lipinski definition) is 1. The summed E-state index contributed by atoms with van der Waals surface area (Å²) in [5.74, 6) is -3.06. The van der Waals surface area contributed by atoms with Crippen LogP contribution in [-0.2, 0) is 32.2 Å². The van der Waals surface area contributed by atoms with E-state index in [2.05, 4.69) is 4.74 Å². The van der Waals surface area contributed by atoms with Gasteiger partial charge in [0.15, 0.2) is 6.61 Å². The van der Waals surface area contributed by atoms with Crippen LogP contribution in [0.15, 0.2) is 39.9 Å². The lowest BCUT2D eigenvalue weighted by molar-refractivity contribution is -0.148. The van der Waals surface area contributed by atoms with Crippen molar-refractivity contribution in [3.63, 3.8) is 0 Å². The number of nitrogens with two attached hydrogens (primary N) is 1. The van der Waals surface area contributed by atoms with Crippen LogP contribution in [0.5, 0.6) is 0 Å². The summed E-state index contributed by atoms with van der Waals surface area (Å²) in [4.78, 5) is 62.8. The summed E-state index contributed by atoms with van der Waals surface area (Å²) in [5, 5.41) is 0. The van der Waals surface area contributed by atoms with Gasteiger partial charge < -0.3 is 15.2 Å². The fourth-order valence-electron chi connectivity index (χ4n) is 3.21. The van der Waals surface area contributed by atoms with E-state index < -0.39 is 63.3 Å². The van der Waals surface area contributed by atoms with Gasteiger partial charge in [0.05, 0.1) is 13.7 Å². The van der Waals surface area contributed by atoms with E-state index in [1.807, 2.05) is 0 Å². The number of nitrogens with zero attached hydrogens (tertiary/aromatic N) is 2. The molecule has 176 valence electrons. The number of ketones is 1. The molecular formula is C21H21Cl2N3O7. The molecule has 0 saturated heterocycles. The molecule has 1 saturated carbocycles. The van der Waals surface area contributed by atoms with E-state index in [1.54, 1.807) is 30.3 Å². The minimum atomic E-state index is -1.30. The Morgan fingerprint density at radius 3 is 2.27 bits per heavy atom. The molecule has 0 bridgehead atoms. The Labute approximate surface area is 197 Å². The summed E-state index contributed by atoms with van der Waals surface area (Å²) in [6, 6.07) is 8.67. The van der Waals surface area contributed by atoms with Gasteiger partial charge in [-0.2, -0.15) is 0 Å². The Morgan fingerprint density at radius 1 is 1.12 bits per heavy atom. The van der Waals surface area contributed by atoms with Crippen LogP contribution in [0.3, 0.4) is 0 Å². The zero-order valence-electron chi connectivity index (χ0n) is 17.8. The van der Waals surface area contributed by atoms with E-state index in [-0.39, 0.29) is 13.0 Å². The first-order valence-corrected chi connectivity index (χ1v) is 10.5. The molecule has 1 aliphatic rings. The standard InChI is InChI=1S/C21H21Cl2N3O7/c1-20(11-21(20,22)23)18(30)33-10-13(27)15-16(24)25(8-12-6-4-3-5-7-12)19(31)26(17(15)29)9-14(28)32-2/h3-7H,8-11,24H2,1-2H3/t20-/m1/s1. The highest BCUT2D eigenvalue weighted by Crippen LogP contribution is 2.64. The summed E-state index contributed by atoms with van der Waals surface area (Å²) in [5.41, 5.74) is 2.92. The number of ether oxygens (including phenoxy) is 2. The molecule has 3 rings (SSSR count). The fraction of sp³-hybridized carbons (Fsp3) is 0.381. The van der Waals surface area contributed by atoms with Gasteiger partial charge in [-0.3, -0.25) is 23.7 Å². The van der Waals surface area contributed by atoms with Gasteiger partial charge in [-0.25, -0.2) is 9.36 Å². The highest BCUT2D eigenvalue weighted by Gasteiger charge is 2.69. The van der Waals surface area contributed by atoms with Gasteiger partial charge in [-0.1, -0.05) is 30.3 Å². The van der Waals surface area contributed by atoms with Crippen molar-refractivity contribution in [3.05, 3.63) is 62.3 Å². The largest absolute Gasteiger partial charge is 0.468 e. The number of methoxy groups -OCH3 is 1. The Kier molecular flexibility index (Phi) is 6.71. The third-order valence-electron chi connectivity index (χ3n) is 5.49. The van der Waals surface area contributed by atoms with Gasteiger partial charge >= 0.3 is 17.6 Å². The van der Waals surface area contributed by atoms with Crippen LogP contribution in [0, 0.1) is 5.41 Å². The molecule has 1 aliphatic carbocycles. The van der Waals surface area contributed by atoms with Crippen molar-refractivity contribution in [2.45, 2.75) is 30.8 Å². The van der Waals surface area contributed by atoms with Crippen LogP contribution >= 0.6 is 23.2 Å². The van der Waals surface area contributed by atoms with Crippen molar-refractivity contribution in [2.24, 2.45) is 5.41 Å². The number of benzene rings is 1. The monoisotopic (exact) mass is 497 g/mol. The number of halogens is 2. The van der Waals surface area contributed by atoms with Crippen LogP contribution in [0.1, 0.15) is 29.3 Å². The number of esters is 2. The molecule has 2 N–H and O–H groups in total. The van der Waals surface area contributed by atoms with Gasteiger partial charge in [0.2, 0.25) is 5.78 Å². The second kappa shape index (κ2) is 9.03. The zero-order chi connectivity index (χ0) is 24.6. The predicted octanol–water partition coefficient (Wildman–Crippen LogP) is 1.12. The molecule has 1 aromatic heterocycles. The molecule has 0 amide bonds. The SMILES string of the molecule is COC(=O)Cn1c(=O)c(C(=O)COC(=O)[C@@]2(C)CC2(Cl)Cl)c(N)n(Cc2ccccc2)c1=O. The van der Waals surface area contributed by atoms with Crippen LogP contribution < -0.4 is 17.0 Å². The molecule has 0 radical (unpaired) electrons. The number of nitrogen functional groups attached to an aromatic ring is 1. The lowest BCUT2D eigenvalue weighted by Gasteiger charge is -2.16. The molecule has 10 nitrogen and oxygen atoms in total. The second-order valence-corrected chi connectivity index (χ2v) is 9.28. The zero-order valence-corrected chi connectivity index (χ0v) is 19.3. The lowest BCUT2D eigenvalue weighted by Crippen LogP contribution is -2.46. The topological polar surface area (TPSA) is 140 Å². The Hall–Kier alpha value is -3.11. The van der Waals surface area contributed by atoms with E-state index in [0.29, 0.717) is 10.1 Å². The molecule has 0 unspecified atom stereocenters. The Morgan fingerprint density at radius 2 is 1.73 bits per heavy atom. The van der Waals surface area contributed by atoms with E-state index in [9.17, 15) is 24.0 Å². The molecule has 12 heteroatoms. The average Bonchev–Trinajstić information content (AvgIpc) is 3.31. The van der Waals surface area contributed by atoms with Crippen LogP contribution in [0.4, 0.5) is 5.82 Å². The second-order valence-electron chi connectivity index (χ2n) is 7.79. The number of hydrogen-bond acceptors (Lipinski definition) is 8. The summed E-state index contributed by atoms with van der Waals surface area (Å²) < 4.78 is 9.79. The summed E-state index contributed by atoms with van der Waals surface area (Å²) in [6.07, 6.45) is 0.145. The highest BCUT2D eigenvalue weighted by molar-refractivity contribution is 6.53. The summed E-state index contributed by atoms with van der Waals surface area (Å²) >= 11 is 11.9. The Balaban J connectivity index is 1.99. The Bertz CT molecular complexity index is 1240. The molecule has 0 spiro atoms. The molecule has 1 atom stereocenters. The third-order valence-corrected chi connectivity index (χ3v) is 6.59. The highest BCUT2D eigenvalue weighted by atomic mass is 35.5. The van der Waals surface area contributed by atoms with Gasteiger partial charge in [0.1, 0.15) is 27.7 Å². The maximum absolute atomic E-state index is 12.9. The number of Topliss-reactive ketones (excluding diaryl/α,β-unsaturated/α-hetero) is 1. The van der Waals surface area contributed by atoms with Crippen molar-refractivity contribution < 1.29 is 23.9 Å². The molecular weight excluding hydrogens is 477 g/mol. The molecule has 2 aromatic rings. The number of rotatable bonds is 8. The van der Waals surface area contributed by atoms with E-state index >= 15 is 0 Å². The molecule has 1 aromatic carbocycles. The van der Waals surface area contributed by atoms with Crippen LogP contribution in [0.25, 0.3) is 0 Å². The van der Waals surface area contributed by atoms with E-state index in [1.165, 1.54) is 6.92 Å². The maximum atomic E-state index is 12.9. The average molecular weight is 498 g/mol. The number of carbonyl (C=O) groups is 3. The van der Waals surface area contributed by atoms with Crippen molar-refractivity contribution in [1.82, 2.24) is 9.13 Å². The molecule has 0 aliphatic heterocycles. The van der Waals surface area contributed by atoms with Crippen molar-refractivity contribution in [3.8, 4) is 0 Å². The normalized spacial score (nSPS) is 18.4. The predicted molar refractivity (Wildman–Crippen MR) is 119 cm³/mol. The van der Waals surface area contributed by atoms with Gasteiger partial charge in [-0.15, -0.1) is 23.2 Å². The maximum Gasteiger partial charge on any atom is 0.333 e. The third kappa shape index (κ3) is 4.67. The van der Waals surface area contributed by atoms with Crippen molar-refractivity contribution in [1.29, 1.82) is 0 Å². The quantitative estimate of drug-likeness (QED) is 0.325. The fourth-order valence-corrected chi connectivity index (χ4v) is 3.90. The number of anilines is 1. The molecule has 1 fully saturated rings. The van der Waals surface area contributed by atoms with Gasteiger partial charge in [0, 0.05) is 6.42 Å². The molecule has 1 heterocycles. The van der Waals surface area contributed by atoms with Crippen molar-refractivity contribution >= 4 is 46.7 Å². The summed E-state index contributed by atoms with van der Waals surface area (Å²) in [6.45, 7) is -0.161. The number of alkyl halides is 2. The van der Waals surface area contributed by atoms with Crippen LogP contribution in [0.2, 0.25) is 0 Å². The summed E-state index contributed by atoms with van der Waals surface area (Å²) in [7, 11) is 1.09. The number of aromatic nitrogens is 2. The molecule has 33 heavy (non-hydrogen) atoms. The minimum Gasteiger partial charge on any atom is -0.468 e. The lowest BCUT2D eigenvalue weighted by atomic mass is 10.1. The van der Waals surface area contributed by atoms with Gasteiger partial charge in [-0.05, 0) is 12.5 Å². The minimum absolute atomic E-state index is 0.0773. The number of carbonyl (C=O) groups excluding carboxylic acids is 3. The first-order chi connectivity index (χ1) is 15.4. The first kappa shape index (κ1) is 24.5. The van der Waals surface area contributed by atoms with E-state index in [4.69, 9.17) is 33.7 Å².